The summed E-state index contributed by atoms with van der Waals surface area (Å²) in [6, 6.07) is 9.43. The normalized spacial score (nSPS) is 16.4. The number of halogens is 10. The van der Waals surface area contributed by atoms with Gasteiger partial charge in [0.1, 0.15) is 0 Å². The Hall–Kier alpha value is -2.19. The molecule has 0 bridgehead atoms. The molecule has 2 atom stereocenters. The molecule has 3 nitrogen and oxygen atoms in total. The van der Waals surface area contributed by atoms with Gasteiger partial charge in [-0.05, 0) is 11.1 Å². The molecule has 0 fully saturated rings. The van der Waals surface area contributed by atoms with Crippen molar-refractivity contribution in [1.82, 2.24) is 0 Å². The molecule has 0 saturated carbocycles. The summed E-state index contributed by atoms with van der Waals surface area (Å²) in [6.45, 7) is 0. The van der Waals surface area contributed by atoms with Crippen molar-refractivity contribution in [2.75, 3.05) is 0 Å². The third-order valence-corrected chi connectivity index (χ3v) is 4.67. The average molecular weight is 498 g/mol. The molecule has 0 spiro atoms. The molecular formula is C18H12F10O3S. The van der Waals surface area contributed by atoms with Gasteiger partial charge in [-0.25, -0.2) is 0 Å². The van der Waals surface area contributed by atoms with E-state index in [1.54, 1.807) is 0 Å². The quantitative estimate of drug-likeness (QED) is 0.391. The molecule has 0 aromatic heterocycles. The van der Waals surface area contributed by atoms with Crippen LogP contribution in [0, 0.1) is 0 Å². The zero-order valence-electron chi connectivity index (χ0n) is 15.3. The molecule has 0 aliphatic carbocycles. The van der Waals surface area contributed by atoms with E-state index in [2.05, 4.69) is 8.37 Å². The second kappa shape index (κ2) is 9.35. The van der Waals surface area contributed by atoms with Gasteiger partial charge in [-0.1, -0.05) is 60.7 Å². The highest BCUT2D eigenvalue weighted by Crippen LogP contribution is 2.49. The predicted octanol–water partition coefficient (Wildman–Crippen LogP) is 6.48. The van der Waals surface area contributed by atoms with Gasteiger partial charge in [-0.3, -0.25) is 8.37 Å². The summed E-state index contributed by atoms with van der Waals surface area (Å²) in [5, 5.41) is 0. The monoisotopic (exact) mass is 498 g/mol. The van der Waals surface area contributed by atoms with E-state index in [1.165, 1.54) is 12.1 Å². The van der Waals surface area contributed by atoms with E-state index in [1.807, 2.05) is 0 Å². The molecule has 0 heterocycles. The number of hydrogen-bond acceptors (Lipinski definition) is 3. The van der Waals surface area contributed by atoms with Gasteiger partial charge in [0.25, 0.3) is 0 Å². The molecule has 32 heavy (non-hydrogen) atoms. The Morgan fingerprint density at radius 1 is 0.562 bits per heavy atom. The van der Waals surface area contributed by atoms with Crippen LogP contribution in [0.1, 0.15) is 23.3 Å². The highest BCUT2D eigenvalue weighted by Gasteiger charge is 2.66. The molecule has 0 amide bonds. The Morgan fingerprint density at radius 2 is 0.844 bits per heavy atom. The zero-order valence-corrected chi connectivity index (χ0v) is 16.2. The summed E-state index contributed by atoms with van der Waals surface area (Å²) >= 11 is -3.90. The Kier molecular flexibility index (Phi) is 7.62. The minimum Gasteiger partial charge on any atom is -0.253 e. The fraction of sp³-hybridized carbons (Fsp3) is 0.333. The summed E-state index contributed by atoms with van der Waals surface area (Å²) < 4.78 is 153. The maximum Gasteiger partial charge on any atom is 0.456 e. The molecule has 0 aliphatic heterocycles. The van der Waals surface area contributed by atoms with Gasteiger partial charge >= 0.3 is 35.6 Å². The van der Waals surface area contributed by atoms with Crippen LogP contribution < -0.4 is 0 Å². The number of benzene rings is 2. The largest absolute Gasteiger partial charge is 0.456 e. The smallest absolute Gasteiger partial charge is 0.253 e. The molecule has 2 unspecified atom stereocenters. The van der Waals surface area contributed by atoms with E-state index in [9.17, 15) is 48.1 Å². The van der Waals surface area contributed by atoms with Crippen LogP contribution in [0.4, 0.5) is 43.9 Å². The highest BCUT2D eigenvalue weighted by atomic mass is 32.2. The molecule has 2 rings (SSSR count). The summed E-state index contributed by atoms with van der Waals surface area (Å²) in [4.78, 5) is 0. The Balaban J connectivity index is 2.41. The molecule has 178 valence electrons. The lowest BCUT2D eigenvalue weighted by molar-refractivity contribution is -0.315. The number of hydrogen-bond donors (Lipinski definition) is 0. The molecule has 2 aromatic rings. The second-order valence-corrected chi connectivity index (χ2v) is 7.01. The van der Waals surface area contributed by atoms with E-state index in [4.69, 9.17) is 0 Å². The molecular weight excluding hydrogens is 486 g/mol. The van der Waals surface area contributed by atoms with E-state index in [0.717, 1.165) is 48.5 Å². The summed E-state index contributed by atoms with van der Waals surface area (Å²) in [5.74, 6) is -11.4. The maximum absolute atomic E-state index is 14.0. The van der Waals surface area contributed by atoms with Crippen LogP contribution in [0.3, 0.4) is 0 Å². The fourth-order valence-corrected chi connectivity index (χ4v) is 3.21. The third kappa shape index (κ3) is 5.59. The van der Waals surface area contributed by atoms with Crippen LogP contribution in [0.25, 0.3) is 0 Å². The molecule has 0 radical (unpaired) electrons. The highest BCUT2D eigenvalue weighted by molar-refractivity contribution is 7.75. The minimum absolute atomic E-state index is 0.723. The molecule has 14 heteroatoms. The SMILES string of the molecule is O=S(OC(c1ccccc1)C(F)(F)C(F)(F)F)OC(c1ccccc1)C(F)(F)C(F)(F)F. The first-order chi connectivity index (χ1) is 14.6. The van der Waals surface area contributed by atoms with Crippen molar-refractivity contribution < 1.29 is 56.5 Å². The van der Waals surface area contributed by atoms with E-state index in [-0.39, 0.29) is 0 Å². The summed E-state index contributed by atoms with van der Waals surface area (Å²) in [6.07, 6.45) is -19.2. The number of alkyl halides is 10. The van der Waals surface area contributed by atoms with Crippen molar-refractivity contribution in [3.05, 3.63) is 71.8 Å². The van der Waals surface area contributed by atoms with E-state index < -0.39 is 58.9 Å². The molecule has 0 saturated heterocycles. The van der Waals surface area contributed by atoms with Gasteiger partial charge in [-0.2, -0.15) is 48.1 Å². The topological polar surface area (TPSA) is 35.5 Å². The first-order valence-electron chi connectivity index (χ1n) is 8.34. The lowest BCUT2D eigenvalue weighted by Gasteiger charge is -2.30. The summed E-state index contributed by atoms with van der Waals surface area (Å²) in [7, 11) is 0. The molecule has 0 N–H and O–H groups in total. The summed E-state index contributed by atoms with van der Waals surface area (Å²) in [5.41, 5.74) is -1.77. The van der Waals surface area contributed by atoms with Crippen LogP contribution in [0.2, 0.25) is 0 Å². The van der Waals surface area contributed by atoms with Gasteiger partial charge in [0.05, 0.1) is 0 Å². The third-order valence-electron chi connectivity index (χ3n) is 3.97. The van der Waals surface area contributed by atoms with Crippen molar-refractivity contribution in [3.63, 3.8) is 0 Å². The predicted molar refractivity (Wildman–Crippen MR) is 90.7 cm³/mol. The van der Waals surface area contributed by atoms with Crippen LogP contribution in [0.15, 0.2) is 60.7 Å². The Bertz CT molecular complexity index is 827. The fourth-order valence-electron chi connectivity index (χ4n) is 2.38. The van der Waals surface area contributed by atoms with Crippen LogP contribution in [-0.4, -0.2) is 28.4 Å². The lowest BCUT2D eigenvalue weighted by atomic mass is 10.0. The van der Waals surface area contributed by atoms with E-state index >= 15 is 0 Å². The van der Waals surface area contributed by atoms with Gasteiger partial charge in [-0.15, -0.1) is 0 Å². The molecule has 0 aliphatic rings. The number of rotatable bonds is 8. The maximum atomic E-state index is 14.0. The first-order valence-corrected chi connectivity index (χ1v) is 9.34. The van der Waals surface area contributed by atoms with Crippen LogP contribution in [-0.2, 0) is 19.7 Å². The average Bonchev–Trinajstić information content (AvgIpc) is 2.69. The Labute approximate surface area is 176 Å². The zero-order chi connectivity index (χ0) is 24.4. The van der Waals surface area contributed by atoms with Crippen LogP contribution >= 0.6 is 0 Å². The van der Waals surface area contributed by atoms with E-state index in [0.29, 0.717) is 0 Å². The first kappa shape index (κ1) is 26.1. The van der Waals surface area contributed by atoms with Crippen molar-refractivity contribution in [1.29, 1.82) is 0 Å². The lowest BCUT2D eigenvalue weighted by Crippen LogP contribution is -2.45. The van der Waals surface area contributed by atoms with Crippen molar-refractivity contribution in [2.45, 2.75) is 36.4 Å². The van der Waals surface area contributed by atoms with Crippen molar-refractivity contribution in [3.8, 4) is 0 Å². The van der Waals surface area contributed by atoms with Crippen molar-refractivity contribution >= 4 is 11.4 Å². The molecule has 2 aromatic carbocycles. The minimum atomic E-state index is -6.24. The van der Waals surface area contributed by atoms with Gasteiger partial charge < -0.3 is 0 Å². The van der Waals surface area contributed by atoms with Gasteiger partial charge in [0.2, 0.25) is 0 Å². The van der Waals surface area contributed by atoms with Gasteiger partial charge in [0, 0.05) is 0 Å². The van der Waals surface area contributed by atoms with Gasteiger partial charge in [0.15, 0.2) is 12.2 Å². The van der Waals surface area contributed by atoms with Crippen molar-refractivity contribution in [2.24, 2.45) is 0 Å². The van der Waals surface area contributed by atoms with Crippen LogP contribution in [0.5, 0.6) is 0 Å². The second-order valence-electron chi connectivity index (χ2n) is 6.22. The Morgan fingerprint density at radius 3 is 1.09 bits per heavy atom. The standard InChI is InChI=1S/C18H12F10O3S/c19-15(20,17(23,24)25)13(11-7-3-1-4-8-11)30-32(29)31-14(12-9-5-2-6-10-12)16(21,22)18(26,27)28/h1-10,13-14H.